The number of hydrogen-bond donors (Lipinski definition) is 0. The molecule has 0 amide bonds. The lowest BCUT2D eigenvalue weighted by Crippen LogP contribution is -2.37. The van der Waals surface area contributed by atoms with Crippen LogP contribution in [0.3, 0.4) is 0 Å². The third-order valence-corrected chi connectivity index (χ3v) is 7.40. The lowest BCUT2D eigenvalue weighted by Gasteiger charge is -2.25. The summed E-state index contributed by atoms with van der Waals surface area (Å²) >= 11 is 0. The molecule has 1 aromatic heterocycles. The van der Waals surface area contributed by atoms with Crippen LogP contribution in [0.4, 0.5) is 5.69 Å². The third-order valence-electron chi connectivity index (χ3n) is 5.63. The highest BCUT2D eigenvalue weighted by Crippen LogP contribution is 2.33. The van der Waals surface area contributed by atoms with Crippen molar-refractivity contribution in [3.8, 4) is 5.75 Å². The van der Waals surface area contributed by atoms with Gasteiger partial charge in [-0.25, -0.2) is 13.2 Å². The number of sulfonamides is 1. The molecule has 0 N–H and O–H groups in total. The predicted molar refractivity (Wildman–Crippen MR) is 133 cm³/mol. The van der Waals surface area contributed by atoms with Crippen molar-refractivity contribution >= 4 is 38.5 Å². The second-order valence-electron chi connectivity index (χ2n) is 7.81. The summed E-state index contributed by atoms with van der Waals surface area (Å²) in [5.74, 6) is -0.858. The van der Waals surface area contributed by atoms with Crippen molar-refractivity contribution in [1.82, 2.24) is 4.57 Å². The van der Waals surface area contributed by atoms with E-state index >= 15 is 0 Å². The van der Waals surface area contributed by atoms with Gasteiger partial charge in [0.25, 0.3) is 15.9 Å². The molecule has 0 spiro atoms. The van der Waals surface area contributed by atoms with Crippen LogP contribution in [0.15, 0.2) is 83.9 Å². The molecule has 0 aliphatic heterocycles. The van der Waals surface area contributed by atoms with Gasteiger partial charge in [0.2, 0.25) is 0 Å². The van der Waals surface area contributed by atoms with E-state index in [1.54, 1.807) is 60.7 Å². The Kier molecular flexibility index (Phi) is 6.61. The monoisotopic (exact) mass is 492 g/mol. The molecule has 180 valence electrons. The maximum absolute atomic E-state index is 13.7. The number of anilines is 1. The summed E-state index contributed by atoms with van der Waals surface area (Å²) in [6, 6.07) is 19.8. The maximum Gasteiger partial charge on any atom is 0.340 e. The summed E-state index contributed by atoms with van der Waals surface area (Å²) in [7, 11) is -1.46. The number of carbonyl (C=O) groups is 2. The summed E-state index contributed by atoms with van der Waals surface area (Å²) < 4.78 is 40.0. The van der Waals surface area contributed by atoms with Crippen LogP contribution in [-0.2, 0) is 14.8 Å². The molecular formula is C26H24N2O6S. The molecule has 0 unspecified atom stereocenters. The molecule has 0 saturated heterocycles. The number of ether oxygens (including phenoxy) is 2. The Balaban J connectivity index is 1.84. The van der Waals surface area contributed by atoms with Crippen molar-refractivity contribution in [2.24, 2.45) is 0 Å². The van der Waals surface area contributed by atoms with E-state index in [-0.39, 0.29) is 16.1 Å². The highest BCUT2D eigenvalue weighted by Gasteiger charge is 2.30. The Labute approximate surface area is 203 Å². The zero-order valence-corrected chi connectivity index (χ0v) is 20.3. The normalized spacial score (nSPS) is 11.3. The van der Waals surface area contributed by atoms with Crippen LogP contribution in [0.2, 0.25) is 0 Å². The summed E-state index contributed by atoms with van der Waals surface area (Å²) in [4.78, 5) is 25.9. The fraction of sp³-hybridized carbons (Fsp3) is 0.154. The van der Waals surface area contributed by atoms with E-state index in [9.17, 15) is 18.0 Å². The van der Waals surface area contributed by atoms with E-state index < -0.39 is 28.4 Å². The summed E-state index contributed by atoms with van der Waals surface area (Å²) in [5.41, 5.74) is 1.79. The number of carbonyl (C=O) groups excluding carboxylic acids is 2. The maximum atomic E-state index is 13.7. The van der Waals surface area contributed by atoms with Crippen molar-refractivity contribution in [2.45, 2.75) is 11.8 Å². The number of hydrogen-bond acceptors (Lipinski definition) is 6. The van der Waals surface area contributed by atoms with Gasteiger partial charge in [0, 0.05) is 11.6 Å². The molecule has 4 aromatic rings. The molecule has 8 nitrogen and oxygen atoms in total. The largest absolute Gasteiger partial charge is 0.495 e. The summed E-state index contributed by atoms with van der Waals surface area (Å²) in [6.07, 6.45) is 1.37. The van der Waals surface area contributed by atoms with Gasteiger partial charge in [-0.1, -0.05) is 48.0 Å². The highest BCUT2D eigenvalue weighted by atomic mass is 32.2. The van der Waals surface area contributed by atoms with Crippen molar-refractivity contribution in [2.75, 3.05) is 25.1 Å². The Morgan fingerprint density at radius 2 is 1.57 bits per heavy atom. The Morgan fingerprint density at radius 3 is 2.26 bits per heavy atom. The molecule has 0 aliphatic carbocycles. The molecule has 0 radical (unpaired) electrons. The second kappa shape index (κ2) is 9.63. The molecule has 0 aliphatic rings. The SMILES string of the molecule is COC(=O)c1cn(C(=O)CN(c2ccccc2OC)S(=O)(=O)c2ccc(C)cc2)c2ccccc12. The number of methoxy groups -OCH3 is 2. The number of nitrogens with zero attached hydrogens (tertiary/aromatic N) is 2. The zero-order chi connectivity index (χ0) is 25.2. The quantitative estimate of drug-likeness (QED) is 0.358. The van der Waals surface area contributed by atoms with Crippen LogP contribution in [0, 0.1) is 6.92 Å². The van der Waals surface area contributed by atoms with Gasteiger partial charge in [0.15, 0.2) is 0 Å². The molecule has 3 aromatic carbocycles. The lowest BCUT2D eigenvalue weighted by molar-refractivity contribution is 0.0603. The smallest absolute Gasteiger partial charge is 0.340 e. The van der Waals surface area contributed by atoms with E-state index in [2.05, 4.69) is 0 Å². The highest BCUT2D eigenvalue weighted by molar-refractivity contribution is 7.92. The van der Waals surface area contributed by atoms with Crippen LogP contribution in [0.25, 0.3) is 10.9 Å². The molecular weight excluding hydrogens is 468 g/mol. The van der Waals surface area contributed by atoms with Crippen molar-refractivity contribution < 1.29 is 27.5 Å². The van der Waals surface area contributed by atoms with Gasteiger partial charge >= 0.3 is 5.97 Å². The molecule has 0 atom stereocenters. The lowest BCUT2D eigenvalue weighted by atomic mass is 10.2. The Morgan fingerprint density at radius 1 is 0.914 bits per heavy atom. The van der Waals surface area contributed by atoms with Crippen LogP contribution in [0.5, 0.6) is 5.75 Å². The number of aryl methyl sites for hydroxylation is 1. The average molecular weight is 493 g/mol. The molecule has 0 saturated carbocycles. The van der Waals surface area contributed by atoms with Gasteiger partial charge in [-0.05, 0) is 37.3 Å². The zero-order valence-electron chi connectivity index (χ0n) is 19.5. The minimum absolute atomic E-state index is 0.0365. The standard InChI is InChI=1S/C26H24N2O6S/c1-18-12-14-19(15-13-18)35(31,32)28(23-10-6-7-11-24(23)33-2)17-25(29)27-16-21(26(30)34-3)20-8-4-5-9-22(20)27/h4-16H,17H2,1-3H3. The minimum atomic E-state index is -4.15. The topological polar surface area (TPSA) is 94.9 Å². The number of esters is 1. The van der Waals surface area contributed by atoms with Crippen LogP contribution in [0.1, 0.15) is 20.7 Å². The Bertz CT molecular complexity index is 1510. The van der Waals surface area contributed by atoms with Crippen molar-refractivity contribution in [3.05, 3.63) is 90.1 Å². The average Bonchev–Trinajstić information content (AvgIpc) is 3.27. The van der Waals surface area contributed by atoms with Gasteiger partial charge in [0.05, 0.1) is 35.9 Å². The fourth-order valence-electron chi connectivity index (χ4n) is 3.83. The molecule has 4 rings (SSSR count). The molecule has 1 heterocycles. The summed E-state index contributed by atoms with van der Waals surface area (Å²) in [5, 5.41) is 0.526. The number of aromatic nitrogens is 1. The first-order valence-corrected chi connectivity index (χ1v) is 12.2. The first kappa shape index (κ1) is 24.0. The summed E-state index contributed by atoms with van der Waals surface area (Å²) in [6.45, 7) is 1.32. The molecule has 0 bridgehead atoms. The molecule has 35 heavy (non-hydrogen) atoms. The number of para-hydroxylation sites is 3. The van der Waals surface area contributed by atoms with E-state index in [1.165, 1.54) is 37.1 Å². The van der Waals surface area contributed by atoms with Gasteiger partial charge in [-0.15, -0.1) is 0 Å². The minimum Gasteiger partial charge on any atom is -0.495 e. The van der Waals surface area contributed by atoms with Gasteiger partial charge in [-0.2, -0.15) is 0 Å². The van der Waals surface area contributed by atoms with E-state index in [1.807, 2.05) is 6.92 Å². The van der Waals surface area contributed by atoms with Gasteiger partial charge in [-0.3, -0.25) is 13.7 Å². The first-order chi connectivity index (χ1) is 16.8. The fourth-order valence-corrected chi connectivity index (χ4v) is 5.26. The number of benzene rings is 3. The van der Waals surface area contributed by atoms with E-state index in [4.69, 9.17) is 9.47 Å². The second-order valence-corrected chi connectivity index (χ2v) is 9.67. The number of fused-ring (bicyclic) bond motifs is 1. The van der Waals surface area contributed by atoms with E-state index in [0.717, 1.165) is 9.87 Å². The molecule has 9 heteroatoms. The number of rotatable bonds is 7. The van der Waals surface area contributed by atoms with Crippen molar-refractivity contribution in [3.63, 3.8) is 0 Å². The van der Waals surface area contributed by atoms with Crippen LogP contribution < -0.4 is 9.04 Å². The van der Waals surface area contributed by atoms with E-state index in [0.29, 0.717) is 16.7 Å². The van der Waals surface area contributed by atoms with Crippen LogP contribution >= 0.6 is 0 Å². The van der Waals surface area contributed by atoms with Gasteiger partial charge < -0.3 is 9.47 Å². The van der Waals surface area contributed by atoms with Gasteiger partial charge in [0.1, 0.15) is 12.3 Å². The Hall–Kier alpha value is -4.11. The first-order valence-electron chi connectivity index (χ1n) is 10.7. The third kappa shape index (κ3) is 4.50. The van der Waals surface area contributed by atoms with Crippen molar-refractivity contribution in [1.29, 1.82) is 0 Å². The predicted octanol–water partition coefficient (Wildman–Crippen LogP) is 4.28. The van der Waals surface area contributed by atoms with Crippen LogP contribution in [-0.4, -0.2) is 45.6 Å². The molecule has 0 fully saturated rings.